The van der Waals surface area contributed by atoms with Crippen LogP contribution in [0.4, 0.5) is 24.7 Å². The largest absolute Gasteiger partial charge is 0.573 e. The number of alkyl halides is 3. The number of aliphatic hydroxyl groups is 1. The number of carbonyl (C=O) groups excluding carboxylic acids is 2. The van der Waals surface area contributed by atoms with Crippen molar-refractivity contribution in [2.75, 3.05) is 23.8 Å². The highest BCUT2D eigenvalue weighted by molar-refractivity contribution is 6.00. The number of hydrogen-bond acceptors (Lipinski definition) is 6. The van der Waals surface area contributed by atoms with E-state index in [-0.39, 0.29) is 11.7 Å². The molecule has 0 bridgehead atoms. The van der Waals surface area contributed by atoms with Gasteiger partial charge in [0.05, 0.1) is 23.9 Å². The number of anilines is 2. The highest BCUT2D eigenvalue weighted by Gasteiger charge is 2.32. The number of fused-ring (bicyclic) bond motifs is 1. The molecule has 0 radical (unpaired) electrons. The van der Waals surface area contributed by atoms with Crippen molar-refractivity contribution in [3.63, 3.8) is 0 Å². The average molecular weight is 480 g/mol. The summed E-state index contributed by atoms with van der Waals surface area (Å²) in [4.78, 5) is 28.1. The summed E-state index contributed by atoms with van der Waals surface area (Å²) in [6.45, 7) is 3.35. The van der Waals surface area contributed by atoms with Gasteiger partial charge in [-0.1, -0.05) is 12.1 Å². The third kappa shape index (κ3) is 6.83. The molecule has 0 saturated heterocycles. The molecule has 1 saturated carbocycles. The molecule has 2 heterocycles. The Balaban J connectivity index is 0.000000195. The first kappa shape index (κ1) is 25.3. The van der Waals surface area contributed by atoms with E-state index < -0.39 is 18.0 Å². The first-order valence-corrected chi connectivity index (χ1v) is 10.7. The molecule has 2 aromatic rings. The van der Waals surface area contributed by atoms with Gasteiger partial charge in [0.25, 0.3) is 0 Å². The predicted molar refractivity (Wildman–Crippen MR) is 119 cm³/mol. The predicted octanol–water partition coefficient (Wildman–Crippen LogP) is 3.49. The van der Waals surface area contributed by atoms with Gasteiger partial charge in [-0.2, -0.15) is 0 Å². The normalized spacial score (nSPS) is 16.4. The minimum Gasteiger partial charge on any atom is -0.406 e. The Labute approximate surface area is 195 Å². The second-order valence-electron chi connectivity index (χ2n) is 8.81. The summed E-state index contributed by atoms with van der Waals surface area (Å²) in [5.41, 5.74) is 1.32. The summed E-state index contributed by atoms with van der Waals surface area (Å²) in [5, 5.41) is 15.2. The van der Waals surface area contributed by atoms with E-state index in [0.29, 0.717) is 24.4 Å². The average Bonchev–Trinajstić information content (AvgIpc) is 3.56. The number of benzene rings is 1. The summed E-state index contributed by atoms with van der Waals surface area (Å²) in [6, 6.07) is 6.26. The van der Waals surface area contributed by atoms with Gasteiger partial charge in [-0.3, -0.25) is 9.59 Å². The third-order valence-electron chi connectivity index (χ3n) is 5.34. The smallest absolute Gasteiger partial charge is 0.406 e. The monoisotopic (exact) mass is 480 g/mol. The fourth-order valence-corrected chi connectivity index (χ4v) is 3.63. The molecule has 2 amide bonds. The van der Waals surface area contributed by atoms with Crippen molar-refractivity contribution < 1.29 is 32.6 Å². The van der Waals surface area contributed by atoms with E-state index in [1.54, 1.807) is 0 Å². The number of halogens is 3. The molecular weight excluding hydrogens is 453 g/mol. The van der Waals surface area contributed by atoms with Crippen LogP contribution in [0.3, 0.4) is 0 Å². The topological polar surface area (TPSA) is 104 Å². The molecule has 11 heteroatoms. The maximum Gasteiger partial charge on any atom is 0.573 e. The molecule has 34 heavy (non-hydrogen) atoms. The van der Waals surface area contributed by atoms with Crippen molar-refractivity contribution in [3.8, 4) is 5.75 Å². The Bertz CT molecular complexity index is 1020. The highest BCUT2D eigenvalue weighted by atomic mass is 19.4. The van der Waals surface area contributed by atoms with Gasteiger partial charge >= 0.3 is 6.36 Å². The number of ether oxygens (including phenoxy) is 1. The molecule has 3 N–H and O–H groups in total. The van der Waals surface area contributed by atoms with Crippen LogP contribution in [0.15, 0.2) is 36.5 Å². The third-order valence-corrected chi connectivity index (χ3v) is 5.34. The molecule has 1 aromatic carbocycles. The van der Waals surface area contributed by atoms with E-state index in [4.69, 9.17) is 0 Å². The van der Waals surface area contributed by atoms with E-state index in [1.165, 1.54) is 44.4 Å². The number of pyridine rings is 1. The molecule has 1 unspecified atom stereocenters. The molecule has 1 aromatic heterocycles. The van der Waals surface area contributed by atoms with Gasteiger partial charge < -0.3 is 25.4 Å². The Hall–Kier alpha value is -3.34. The first-order valence-electron chi connectivity index (χ1n) is 10.7. The van der Waals surface area contributed by atoms with Crippen LogP contribution >= 0.6 is 0 Å². The van der Waals surface area contributed by atoms with Crippen LogP contribution in [0.5, 0.6) is 5.75 Å². The standard InChI is InChI=1S/C12H14F3NO3.C11H13N3O/c1-11(2,18)10(16-7-17)8-3-5-9(6-4-8)19-12(13,14)15;1-14-6-10(15)13-9-4-8(7-2-3-7)5-12-11(9)14/h3-7,10,18H,1-2H3,(H,16,17);4-5,7H,2-3,6H2,1H3,(H,13,15). The molecule has 8 nitrogen and oxygen atoms in total. The van der Waals surface area contributed by atoms with Crippen LogP contribution < -0.4 is 20.3 Å². The lowest BCUT2D eigenvalue weighted by atomic mass is 9.92. The lowest BCUT2D eigenvalue weighted by molar-refractivity contribution is -0.274. The number of likely N-dealkylation sites (N-methyl/N-ethyl adjacent to an activating group) is 1. The van der Waals surface area contributed by atoms with Gasteiger partial charge in [-0.15, -0.1) is 13.2 Å². The van der Waals surface area contributed by atoms with Crippen LogP contribution in [-0.4, -0.2) is 48.0 Å². The molecule has 1 fully saturated rings. The van der Waals surface area contributed by atoms with Crippen LogP contribution in [0.2, 0.25) is 0 Å². The molecule has 1 atom stereocenters. The van der Waals surface area contributed by atoms with Crippen molar-refractivity contribution in [3.05, 3.63) is 47.7 Å². The van der Waals surface area contributed by atoms with Crippen molar-refractivity contribution >= 4 is 23.8 Å². The minimum absolute atomic E-state index is 0.0414. The summed E-state index contributed by atoms with van der Waals surface area (Å²) in [5.74, 6) is 1.22. The molecule has 4 rings (SSSR count). The first-order chi connectivity index (χ1) is 15.9. The van der Waals surface area contributed by atoms with Gasteiger partial charge in [-0.05, 0) is 61.9 Å². The van der Waals surface area contributed by atoms with Crippen molar-refractivity contribution in [2.24, 2.45) is 0 Å². The van der Waals surface area contributed by atoms with Gasteiger partial charge in [0, 0.05) is 13.2 Å². The second-order valence-corrected chi connectivity index (χ2v) is 8.81. The zero-order valence-electron chi connectivity index (χ0n) is 19.0. The highest BCUT2D eigenvalue weighted by Crippen LogP contribution is 2.42. The number of nitrogens with one attached hydrogen (secondary N) is 2. The van der Waals surface area contributed by atoms with Gasteiger partial charge in [-0.25, -0.2) is 4.98 Å². The van der Waals surface area contributed by atoms with Crippen LogP contribution in [0.1, 0.15) is 49.8 Å². The fraction of sp³-hybridized carbons (Fsp3) is 0.435. The maximum atomic E-state index is 12.0. The van der Waals surface area contributed by atoms with E-state index in [1.807, 2.05) is 18.1 Å². The van der Waals surface area contributed by atoms with Gasteiger partial charge in [0.1, 0.15) is 5.75 Å². The zero-order valence-corrected chi connectivity index (χ0v) is 19.0. The lowest BCUT2D eigenvalue weighted by Gasteiger charge is -2.29. The van der Waals surface area contributed by atoms with Crippen molar-refractivity contribution in [1.82, 2.24) is 10.3 Å². The number of aromatic nitrogens is 1. The molecule has 1 aliphatic heterocycles. The SMILES string of the molecule is CC(C)(O)C(NC=O)c1ccc(OC(F)(F)F)cc1.CN1CC(=O)Nc2cc(C3CC3)cnc21. The van der Waals surface area contributed by atoms with E-state index >= 15 is 0 Å². The van der Waals surface area contributed by atoms with E-state index in [2.05, 4.69) is 26.4 Å². The molecule has 1 aliphatic carbocycles. The van der Waals surface area contributed by atoms with Crippen LogP contribution in [0, 0.1) is 0 Å². The fourth-order valence-electron chi connectivity index (χ4n) is 3.63. The van der Waals surface area contributed by atoms with Gasteiger partial charge in [0.2, 0.25) is 12.3 Å². The number of nitrogens with zero attached hydrogens (tertiary/aromatic N) is 2. The number of rotatable bonds is 6. The summed E-state index contributed by atoms with van der Waals surface area (Å²) >= 11 is 0. The molecule has 0 spiro atoms. The van der Waals surface area contributed by atoms with E-state index in [9.17, 15) is 27.9 Å². The maximum absolute atomic E-state index is 12.0. The Morgan fingerprint density at radius 3 is 2.44 bits per heavy atom. The quantitative estimate of drug-likeness (QED) is 0.547. The number of carbonyl (C=O) groups is 2. The Morgan fingerprint density at radius 2 is 1.91 bits per heavy atom. The minimum atomic E-state index is -4.75. The Kier molecular flexibility index (Phi) is 7.35. The van der Waals surface area contributed by atoms with Crippen molar-refractivity contribution in [2.45, 2.75) is 50.6 Å². The van der Waals surface area contributed by atoms with Crippen molar-refractivity contribution in [1.29, 1.82) is 0 Å². The summed E-state index contributed by atoms with van der Waals surface area (Å²) in [7, 11) is 1.89. The zero-order chi connectivity index (χ0) is 25.1. The second kappa shape index (κ2) is 9.88. The van der Waals surface area contributed by atoms with E-state index in [0.717, 1.165) is 23.6 Å². The molecule has 2 aliphatic rings. The molecule has 184 valence electrons. The van der Waals surface area contributed by atoms with Gasteiger partial charge in [0.15, 0.2) is 5.82 Å². The Morgan fingerprint density at radius 1 is 1.26 bits per heavy atom. The lowest BCUT2D eigenvalue weighted by Crippen LogP contribution is -2.38. The molecular formula is C23H27F3N4O4. The summed E-state index contributed by atoms with van der Waals surface area (Å²) in [6.07, 6.45) is 0.111. The van der Waals surface area contributed by atoms with Crippen LogP contribution in [0.25, 0.3) is 0 Å². The summed E-state index contributed by atoms with van der Waals surface area (Å²) < 4.78 is 39.7. The number of hydrogen-bond donors (Lipinski definition) is 3. The number of amides is 2. The van der Waals surface area contributed by atoms with Crippen LogP contribution in [-0.2, 0) is 9.59 Å².